The number of nitro benzene ring substituents is 1. The Morgan fingerprint density at radius 3 is 2.50 bits per heavy atom. The summed E-state index contributed by atoms with van der Waals surface area (Å²) in [5.74, 6) is 0.976. The SMILES string of the molecule is CCN(CC(=O)Nc1ccc(Cl)c([N+](=O)[O-])c1)Cc1ccc(OC)c(OC)c1. The number of rotatable bonds is 9. The largest absolute Gasteiger partial charge is 0.493 e. The summed E-state index contributed by atoms with van der Waals surface area (Å²) in [4.78, 5) is 24.7. The topological polar surface area (TPSA) is 93.9 Å². The molecule has 0 aliphatic rings. The molecule has 9 heteroatoms. The Morgan fingerprint density at radius 2 is 1.89 bits per heavy atom. The average Bonchev–Trinajstić information content (AvgIpc) is 2.68. The zero-order valence-electron chi connectivity index (χ0n) is 15.9. The van der Waals surface area contributed by atoms with E-state index in [0.717, 1.165) is 5.56 Å². The summed E-state index contributed by atoms with van der Waals surface area (Å²) in [6.45, 7) is 3.25. The second-order valence-corrected chi connectivity index (χ2v) is 6.37. The lowest BCUT2D eigenvalue weighted by Crippen LogP contribution is -2.32. The zero-order chi connectivity index (χ0) is 20.7. The molecular formula is C19H22ClN3O5. The predicted molar refractivity (Wildman–Crippen MR) is 107 cm³/mol. The summed E-state index contributed by atoms with van der Waals surface area (Å²) >= 11 is 5.79. The van der Waals surface area contributed by atoms with Gasteiger partial charge in [0.2, 0.25) is 5.91 Å². The standard InChI is InChI=1S/C19H22ClN3O5/c1-4-22(11-13-5-8-17(27-2)18(9-13)28-3)12-19(24)21-14-6-7-15(20)16(10-14)23(25)26/h5-10H,4,11-12H2,1-3H3,(H,21,24). The van der Waals surface area contributed by atoms with E-state index in [1.807, 2.05) is 30.0 Å². The number of hydrogen-bond donors (Lipinski definition) is 1. The van der Waals surface area contributed by atoms with Crippen molar-refractivity contribution in [2.45, 2.75) is 13.5 Å². The zero-order valence-corrected chi connectivity index (χ0v) is 16.7. The minimum atomic E-state index is -0.590. The van der Waals surface area contributed by atoms with E-state index >= 15 is 0 Å². The van der Waals surface area contributed by atoms with E-state index in [1.165, 1.54) is 18.2 Å². The molecule has 0 spiro atoms. The van der Waals surface area contributed by atoms with Crippen LogP contribution < -0.4 is 14.8 Å². The van der Waals surface area contributed by atoms with Crippen molar-refractivity contribution >= 4 is 28.9 Å². The fourth-order valence-corrected chi connectivity index (χ4v) is 2.84. The minimum absolute atomic E-state index is 0.0200. The fourth-order valence-electron chi connectivity index (χ4n) is 2.65. The second kappa shape index (κ2) is 9.91. The highest BCUT2D eigenvalue weighted by Crippen LogP contribution is 2.28. The van der Waals surface area contributed by atoms with Gasteiger partial charge < -0.3 is 14.8 Å². The van der Waals surface area contributed by atoms with Gasteiger partial charge in [-0.05, 0) is 36.4 Å². The summed E-state index contributed by atoms with van der Waals surface area (Å²) in [5.41, 5.74) is 1.04. The Hall–Kier alpha value is -2.84. The molecule has 0 unspecified atom stereocenters. The number of nitrogens with zero attached hydrogens (tertiary/aromatic N) is 2. The van der Waals surface area contributed by atoms with Gasteiger partial charge in [0.25, 0.3) is 5.69 Å². The van der Waals surface area contributed by atoms with E-state index in [9.17, 15) is 14.9 Å². The van der Waals surface area contributed by atoms with Crippen molar-refractivity contribution < 1.29 is 19.2 Å². The smallest absolute Gasteiger partial charge is 0.289 e. The van der Waals surface area contributed by atoms with Crippen LogP contribution in [0.25, 0.3) is 0 Å². The third-order valence-corrected chi connectivity index (χ3v) is 4.41. The van der Waals surface area contributed by atoms with Gasteiger partial charge in [-0.3, -0.25) is 19.8 Å². The van der Waals surface area contributed by atoms with Gasteiger partial charge in [0.15, 0.2) is 11.5 Å². The van der Waals surface area contributed by atoms with Crippen LogP contribution in [0.5, 0.6) is 11.5 Å². The molecule has 1 amide bonds. The van der Waals surface area contributed by atoms with Crippen molar-refractivity contribution in [2.75, 3.05) is 32.6 Å². The fraction of sp³-hybridized carbons (Fsp3) is 0.316. The number of halogens is 1. The highest BCUT2D eigenvalue weighted by atomic mass is 35.5. The normalized spacial score (nSPS) is 10.6. The molecule has 1 N–H and O–H groups in total. The quantitative estimate of drug-likeness (QED) is 0.502. The number of carbonyl (C=O) groups is 1. The highest BCUT2D eigenvalue weighted by molar-refractivity contribution is 6.32. The van der Waals surface area contributed by atoms with E-state index in [1.54, 1.807) is 14.2 Å². The van der Waals surface area contributed by atoms with Gasteiger partial charge in [-0.2, -0.15) is 0 Å². The van der Waals surface area contributed by atoms with Crippen LogP contribution >= 0.6 is 11.6 Å². The lowest BCUT2D eigenvalue weighted by molar-refractivity contribution is -0.384. The summed E-state index contributed by atoms with van der Waals surface area (Å²) in [6, 6.07) is 9.74. The molecule has 150 valence electrons. The molecule has 0 heterocycles. The van der Waals surface area contributed by atoms with Crippen molar-refractivity contribution in [3.63, 3.8) is 0 Å². The monoisotopic (exact) mass is 407 g/mol. The Balaban J connectivity index is 2.03. The van der Waals surface area contributed by atoms with Crippen molar-refractivity contribution in [1.82, 2.24) is 4.90 Å². The summed E-state index contributed by atoms with van der Waals surface area (Å²) in [5, 5.41) is 13.7. The van der Waals surface area contributed by atoms with E-state index < -0.39 is 4.92 Å². The van der Waals surface area contributed by atoms with Gasteiger partial charge in [0.05, 0.1) is 25.7 Å². The number of ether oxygens (including phenoxy) is 2. The average molecular weight is 408 g/mol. The number of anilines is 1. The van der Waals surface area contributed by atoms with Gasteiger partial charge in [-0.1, -0.05) is 24.6 Å². The van der Waals surface area contributed by atoms with Crippen LogP contribution in [0.1, 0.15) is 12.5 Å². The molecule has 2 aromatic carbocycles. The lowest BCUT2D eigenvalue weighted by Gasteiger charge is -2.20. The molecule has 0 aromatic heterocycles. The number of likely N-dealkylation sites (N-methyl/N-ethyl adjacent to an activating group) is 1. The number of nitro groups is 1. The molecule has 0 atom stereocenters. The summed E-state index contributed by atoms with van der Waals surface area (Å²) in [6.07, 6.45) is 0. The first-order valence-corrected chi connectivity index (χ1v) is 8.92. The number of amides is 1. The number of methoxy groups -OCH3 is 2. The second-order valence-electron chi connectivity index (χ2n) is 5.96. The Morgan fingerprint density at radius 1 is 1.18 bits per heavy atom. The molecule has 0 aliphatic carbocycles. The molecule has 8 nitrogen and oxygen atoms in total. The van der Waals surface area contributed by atoms with Gasteiger partial charge in [0, 0.05) is 18.3 Å². The number of benzene rings is 2. The first-order chi connectivity index (χ1) is 13.4. The Labute approximate surface area is 168 Å². The molecular weight excluding hydrogens is 386 g/mol. The maximum atomic E-state index is 12.4. The van der Waals surface area contributed by atoms with Crippen LogP contribution in [0.3, 0.4) is 0 Å². The van der Waals surface area contributed by atoms with Gasteiger partial charge in [-0.15, -0.1) is 0 Å². The molecule has 2 rings (SSSR count). The van der Waals surface area contributed by atoms with Crippen LogP contribution in [0.15, 0.2) is 36.4 Å². The number of nitrogens with one attached hydrogen (secondary N) is 1. The lowest BCUT2D eigenvalue weighted by atomic mass is 10.2. The van der Waals surface area contributed by atoms with Crippen LogP contribution in [0.4, 0.5) is 11.4 Å². The van der Waals surface area contributed by atoms with Gasteiger partial charge in [-0.25, -0.2) is 0 Å². The summed E-state index contributed by atoms with van der Waals surface area (Å²) in [7, 11) is 3.14. The number of hydrogen-bond acceptors (Lipinski definition) is 6. The Kier molecular flexibility index (Phi) is 7.60. The number of carbonyl (C=O) groups excluding carboxylic acids is 1. The van der Waals surface area contributed by atoms with Crippen LogP contribution in [-0.4, -0.2) is 43.0 Å². The van der Waals surface area contributed by atoms with E-state index in [0.29, 0.717) is 30.3 Å². The van der Waals surface area contributed by atoms with Crippen LogP contribution in [-0.2, 0) is 11.3 Å². The molecule has 2 aromatic rings. The van der Waals surface area contributed by atoms with E-state index in [4.69, 9.17) is 21.1 Å². The maximum Gasteiger partial charge on any atom is 0.289 e. The van der Waals surface area contributed by atoms with Crippen molar-refractivity contribution in [3.8, 4) is 11.5 Å². The van der Waals surface area contributed by atoms with Gasteiger partial charge in [0.1, 0.15) is 5.02 Å². The van der Waals surface area contributed by atoms with Gasteiger partial charge >= 0.3 is 0 Å². The molecule has 0 bridgehead atoms. The highest BCUT2D eigenvalue weighted by Gasteiger charge is 2.16. The maximum absolute atomic E-state index is 12.4. The van der Waals surface area contributed by atoms with E-state index in [-0.39, 0.29) is 23.2 Å². The van der Waals surface area contributed by atoms with Crippen molar-refractivity contribution in [3.05, 3.63) is 57.1 Å². The molecule has 0 radical (unpaired) electrons. The van der Waals surface area contributed by atoms with Crippen molar-refractivity contribution in [1.29, 1.82) is 0 Å². The minimum Gasteiger partial charge on any atom is -0.493 e. The molecule has 0 aliphatic heterocycles. The third kappa shape index (κ3) is 5.58. The third-order valence-electron chi connectivity index (χ3n) is 4.10. The molecule has 28 heavy (non-hydrogen) atoms. The Bertz CT molecular complexity index is 859. The summed E-state index contributed by atoms with van der Waals surface area (Å²) < 4.78 is 10.5. The van der Waals surface area contributed by atoms with Crippen molar-refractivity contribution in [2.24, 2.45) is 0 Å². The first-order valence-electron chi connectivity index (χ1n) is 8.55. The molecule has 0 saturated heterocycles. The first kappa shape index (κ1) is 21.5. The van der Waals surface area contributed by atoms with E-state index in [2.05, 4.69) is 5.32 Å². The molecule has 0 fully saturated rings. The van der Waals surface area contributed by atoms with Crippen LogP contribution in [0.2, 0.25) is 5.02 Å². The molecule has 0 saturated carbocycles. The predicted octanol–water partition coefficient (Wildman–Crippen LogP) is 3.73. The van der Waals surface area contributed by atoms with Crippen LogP contribution in [0, 0.1) is 10.1 Å².